The summed E-state index contributed by atoms with van der Waals surface area (Å²) < 4.78 is 1.54. The summed E-state index contributed by atoms with van der Waals surface area (Å²) in [6, 6.07) is 1.90. The number of hydrogen-bond donors (Lipinski definition) is 1. The van der Waals surface area contributed by atoms with Crippen LogP contribution in [-0.4, -0.2) is 4.57 Å². The second kappa shape index (κ2) is 2.42. The van der Waals surface area contributed by atoms with Gasteiger partial charge in [-0.25, -0.2) is 0 Å². The number of hydrogen-bond acceptors (Lipinski definition) is 2. The van der Waals surface area contributed by atoms with Crippen LogP contribution in [0.2, 0.25) is 0 Å². The Bertz CT molecular complexity index is 309. The third-order valence-corrected chi connectivity index (χ3v) is 1.91. The van der Waals surface area contributed by atoms with Gasteiger partial charge < -0.3 is 10.3 Å². The highest BCUT2D eigenvalue weighted by Crippen LogP contribution is 2.05. The zero-order valence-electron chi connectivity index (χ0n) is 7.01. The molecule has 60 valence electrons. The fourth-order valence-corrected chi connectivity index (χ4v) is 0.997. The van der Waals surface area contributed by atoms with Crippen LogP contribution in [0.4, 0.5) is 5.69 Å². The van der Waals surface area contributed by atoms with E-state index < -0.39 is 0 Å². The van der Waals surface area contributed by atoms with Crippen molar-refractivity contribution in [2.45, 2.75) is 13.8 Å². The van der Waals surface area contributed by atoms with E-state index in [1.54, 1.807) is 11.6 Å². The highest BCUT2D eigenvalue weighted by molar-refractivity contribution is 5.44. The quantitative estimate of drug-likeness (QED) is 0.591. The SMILES string of the molecule is Cc1cc(C)n(C)c(=O)c1N. The number of aryl methyl sites for hydroxylation is 2. The fourth-order valence-electron chi connectivity index (χ4n) is 0.997. The maximum atomic E-state index is 11.2. The van der Waals surface area contributed by atoms with Gasteiger partial charge in [0, 0.05) is 12.7 Å². The Hall–Kier alpha value is -1.25. The van der Waals surface area contributed by atoms with Crippen LogP contribution in [0.5, 0.6) is 0 Å². The minimum absolute atomic E-state index is 0.109. The van der Waals surface area contributed by atoms with E-state index in [0.29, 0.717) is 5.69 Å². The third kappa shape index (κ3) is 1.13. The van der Waals surface area contributed by atoms with E-state index in [1.165, 1.54) is 0 Å². The van der Waals surface area contributed by atoms with Gasteiger partial charge in [-0.15, -0.1) is 0 Å². The summed E-state index contributed by atoms with van der Waals surface area (Å²) in [7, 11) is 1.72. The summed E-state index contributed by atoms with van der Waals surface area (Å²) in [6.07, 6.45) is 0. The average molecular weight is 152 g/mol. The maximum Gasteiger partial charge on any atom is 0.273 e. The maximum absolute atomic E-state index is 11.2. The Morgan fingerprint density at radius 3 is 2.55 bits per heavy atom. The molecule has 3 nitrogen and oxygen atoms in total. The molecule has 1 rings (SSSR count). The monoisotopic (exact) mass is 152 g/mol. The van der Waals surface area contributed by atoms with Gasteiger partial charge in [-0.2, -0.15) is 0 Å². The van der Waals surface area contributed by atoms with Gasteiger partial charge in [-0.05, 0) is 25.5 Å². The number of anilines is 1. The number of rotatable bonds is 0. The Kier molecular flexibility index (Phi) is 1.72. The van der Waals surface area contributed by atoms with Gasteiger partial charge >= 0.3 is 0 Å². The molecule has 0 aliphatic rings. The molecule has 0 spiro atoms. The van der Waals surface area contributed by atoms with E-state index in [1.807, 2.05) is 19.9 Å². The van der Waals surface area contributed by atoms with Crippen LogP contribution in [0.25, 0.3) is 0 Å². The Balaban J connectivity index is 3.59. The van der Waals surface area contributed by atoms with Crippen molar-refractivity contribution >= 4 is 5.69 Å². The van der Waals surface area contributed by atoms with E-state index in [0.717, 1.165) is 11.3 Å². The van der Waals surface area contributed by atoms with Crippen molar-refractivity contribution in [2.75, 3.05) is 5.73 Å². The molecule has 0 unspecified atom stereocenters. The summed E-state index contributed by atoms with van der Waals surface area (Å²) in [6.45, 7) is 3.72. The second-order valence-electron chi connectivity index (χ2n) is 2.75. The summed E-state index contributed by atoms with van der Waals surface area (Å²) in [5.74, 6) is 0. The molecule has 0 atom stereocenters. The summed E-state index contributed by atoms with van der Waals surface area (Å²) in [5.41, 5.74) is 7.54. The first-order valence-electron chi connectivity index (χ1n) is 3.46. The molecular formula is C8H12N2O. The number of nitrogens with zero attached hydrogens (tertiary/aromatic N) is 1. The van der Waals surface area contributed by atoms with Gasteiger partial charge in [0.25, 0.3) is 5.56 Å². The van der Waals surface area contributed by atoms with Crippen LogP contribution >= 0.6 is 0 Å². The predicted octanol–water partition coefficient (Wildman–Crippen LogP) is 0.584. The molecule has 0 bridgehead atoms. The van der Waals surface area contributed by atoms with Crippen LogP contribution in [0.1, 0.15) is 11.3 Å². The van der Waals surface area contributed by atoms with Crippen molar-refractivity contribution < 1.29 is 0 Å². The Labute approximate surface area is 65.5 Å². The number of nitrogen functional groups attached to an aromatic ring is 1. The lowest BCUT2D eigenvalue weighted by molar-refractivity contribution is 0.818. The molecule has 1 heterocycles. The topological polar surface area (TPSA) is 48.0 Å². The zero-order chi connectivity index (χ0) is 8.59. The molecule has 0 radical (unpaired) electrons. The molecule has 3 heteroatoms. The first-order chi connectivity index (χ1) is 5.04. The molecule has 0 amide bonds. The molecule has 0 aromatic carbocycles. The van der Waals surface area contributed by atoms with Gasteiger partial charge in [0.05, 0.1) is 0 Å². The first-order valence-corrected chi connectivity index (χ1v) is 3.46. The van der Waals surface area contributed by atoms with Gasteiger partial charge in [0.1, 0.15) is 5.69 Å². The molecule has 0 aliphatic carbocycles. The lowest BCUT2D eigenvalue weighted by Crippen LogP contribution is -2.22. The van der Waals surface area contributed by atoms with E-state index >= 15 is 0 Å². The predicted molar refractivity (Wildman–Crippen MR) is 45.6 cm³/mol. The van der Waals surface area contributed by atoms with Crippen molar-refractivity contribution in [2.24, 2.45) is 7.05 Å². The van der Waals surface area contributed by atoms with Gasteiger partial charge in [0.2, 0.25) is 0 Å². The first kappa shape index (κ1) is 7.85. The third-order valence-electron chi connectivity index (χ3n) is 1.91. The van der Waals surface area contributed by atoms with Crippen molar-refractivity contribution in [3.05, 3.63) is 27.7 Å². The summed E-state index contributed by atoms with van der Waals surface area (Å²) in [4.78, 5) is 11.2. The molecule has 2 N–H and O–H groups in total. The second-order valence-corrected chi connectivity index (χ2v) is 2.75. The van der Waals surface area contributed by atoms with E-state index in [9.17, 15) is 4.79 Å². The number of aromatic nitrogens is 1. The number of pyridine rings is 1. The van der Waals surface area contributed by atoms with Crippen LogP contribution in [0, 0.1) is 13.8 Å². The molecule has 1 aromatic heterocycles. The Morgan fingerprint density at radius 2 is 2.00 bits per heavy atom. The van der Waals surface area contributed by atoms with E-state index in [4.69, 9.17) is 5.73 Å². The van der Waals surface area contributed by atoms with Crippen LogP contribution in [-0.2, 0) is 7.05 Å². The molecular weight excluding hydrogens is 140 g/mol. The highest BCUT2D eigenvalue weighted by Gasteiger charge is 2.02. The van der Waals surface area contributed by atoms with Crippen LogP contribution < -0.4 is 11.3 Å². The molecule has 0 saturated heterocycles. The lowest BCUT2D eigenvalue weighted by atomic mass is 10.2. The van der Waals surface area contributed by atoms with Crippen molar-refractivity contribution in [1.29, 1.82) is 0 Å². The summed E-state index contributed by atoms with van der Waals surface area (Å²) >= 11 is 0. The minimum atomic E-state index is -0.109. The van der Waals surface area contributed by atoms with E-state index in [2.05, 4.69) is 0 Å². The molecule has 0 fully saturated rings. The largest absolute Gasteiger partial charge is 0.394 e. The van der Waals surface area contributed by atoms with Crippen LogP contribution in [0.15, 0.2) is 10.9 Å². The van der Waals surface area contributed by atoms with E-state index in [-0.39, 0.29) is 5.56 Å². The fraction of sp³-hybridized carbons (Fsp3) is 0.375. The minimum Gasteiger partial charge on any atom is -0.394 e. The molecule has 1 aromatic rings. The smallest absolute Gasteiger partial charge is 0.273 e. The highest BCUT2D eigenvalue weighted by atomic mass is 16.1. The van der Waals surface area contributed by atoms with Crippen molar-refractivity contribution in [3.8, 4) is 0 Å². The molecule has 0 saturated carbocycles. The standard InChI is InChI=1S/C8H12N2O/c1-5-4-6(2)10(3)8(11)7(5)9/h4H,9H2,1-3H3. The van der Waals surface area contributed by atoms with Gasteiger partial charge in [-0.1, -0.05) is 0 Å². The molecule has 0 aliphatic heterocycles. The zero-order valence-corrected chi connectivity index (χ0v) is 7.01. The average Bonchev–Trinajstić information content (AvgIpc) is 1.97. The van der Waals surface area contributed by atoms with Crippen molar-refractivity contribution in [3.63, 3.8) is 0 Å². The van der Waals surface area contributed by atoms with Crippen molar-refractivity contribution in [1.82, 2.24) is 4.57 Å². The summed E-state index contributed by atoms with van der Waals surface area (Å²) in [5, 5.41) is 0. The van der Waals surface area contributed by atoms with Gasteiger partial charge in [-0.3, -0.25) is 4.79 Å². The van der Waals surface area contributed by atoms with Gasteiger partial charge in [0.15, 0.2) is 0 Å². The Morgan fingerprint density at radius 1 is 1.45 bits per heavy atom. The number of nitrogens with two attached hydrogens (primary N) is 1. The molecule has 11 heavy (non-hydrogen) atoms. The van der Waals surface area contributed by atoms with Crippen LogP contribution in [0.3, 0.4) is 0 Å². The lowest BCUT2D eigenvalue weighted by Gasteiger charge is -2.06. The normalized spacial score (nSPS) is 10.1.